The molecule has 3 heterocycles. The molecule has 0 unspecified atom stereocenters. The van der Waals surface area contributed by atoms with Crippen LogP contribution in [0.4, 0.5) is 9.18 Å². The highest BCUT2D eigenvalue weighted by molar-refractivity contribution is 7.15. The van der Waals surface area contributed by atoms with Gasteiger partial charge in [0.1, 0.15) is 10.8 Å². The molecule has 1 aromatic carbocycles. The Kier molecular flexibility index (Phi) is 5.34. The Morgan fingerprint density at radius 1 is 1.16 bits per heavy atom. The number of urea groups is 1. The van der Waals surface area contributed by atoms with E-state index in [1.54, 1.807) is 12.1 Å². The normalized spacial score (nSPS) is 17.7. The SMILES string of the molecule is CC(C)[C@H]1c2cccn2-c2sc3c(c2CN1C(=O)NCc1ccc(F)cc1)CCCC3. The molecule has 2 aliphatic rings. The summed E-state index contributed by atoms with van der Waals surface area (Å²) in [6.45, 7) is 5.37. The number of hydrogen-bond acceptors (Lipinski definition) is 2. The minimum atomic E-state index is -0.266. The Morgan fingerprint density at radius 3 is 2.71 bits per heavy atom. The topological polar surface area (TPSA) is 37.3 Å². The number of aromatic nitrogens is 1. The van der Waals surface area contributed by atoms with Crippen LogP contribution in [0.2, 0.25) is 0 Å². The van der Waals surface area contributed by atoms with Crippen LogP contribution in [0.3, 0.4) is 0 Å². The summed E-state index contributed by atoms with van der Waals surface area (Å²) in [5.41, 5.74) is 4.84. The summed E-state index contributed by atoms with van der Waals surface area (Å²) in [7, 11) is 0. The minimum Gasteiger partial charge on any atom is -0.334 e. The monoisotopic (exact) mass is 437 g/mol. The van der Waals surface area contributed by atoms with Gasteiger partial charge in [-0.05, 0) is 67.0 Å². The third-order valence-electron chi connectivity index (χ3n) is 6.48. The molecular formula is C25H28FN3OS. The first kappa shape index (κ1) is 20.3. The van der Waals surface area contributed by atoms with E-state index in [0.717, 1.165) is 18.4 Å². The lowest BCUT2D eigenvalue weighted by molar-refractivity contribution is 0.149. The van der Waals surface area contributed by atoms with E-state index in [1.165, 1.54) is 51.7 Å². The lowest BCUT2D eigenvalue weighted by Gasteiger charge is -2.33. The second-order valence-electron chi connectivity index (χ2n) is 8.90. The molecule has 4 nitrogen and oxygen atoms in total. The molecule has 1 atom stereocenters. The molecule has 162 valence electrons. The molecule has 6 heteroatoms. The molecule has 0 saturated heterocycles. The summed E-state index contributed by atoms with van der Waals surface area (Å²) in [5.74, 6) is 0.00745. The molecule has 5 rings (SSSR count). The number of thiophene rings is 1. The number of hydrogen-bond donors (Lipinski definition) is 1. The van der Waals surface area contributed by atoms with Gasteiger partial charge in [0.05, 0.1) is 12.6 Å². The maximum Gasteiger partial charge on any atom is 0.318 e. The summed E-state index contributed by atoms with van der Waals surface area (Å²) in [6.07, 6.45) is 6.87. The van der Waals surface area contributed by atoms with Gasteiger partial charge in [-0.25, -0.2) is 9.18 Å². The molecule has 0 radical (unpaired) electrons. The molecular weight excluding hydrogens is 409 g/mol. The molecule has 1 N–H and O–H groups in total. The summed E-state index contributed by atoms with van der Waals surface area (Å²) < 4.78 is 15.5. The van der Waals surface area contributed by atoms with Gasteiger partial charge >= 0.3 is 6.03 Å². The molecule has 1 aliphatic heterocycles. The van der Waals surface area contributed by atoms with Crippen molar-refractivity contribution in [3.63, 3.8) is 0 Å². The van der Waals surface area contributed by atoms with E-state index in [2.05, 4.69) is 42.1 Å². The zero-order valence-electron chi connectivity index (χ0n) is 18.0. The van der Waals surface area contributed by atoms with Crippen molar-refractivity contribution in [1.82, 2.24) is 14.8 Å². The van der Waals surface area contributed by atoms with Gasteiger partial charge in [0, 0.05) is 28.9 Å². The molecule has 0 bridgehead atoms. The van der Waals surface area contributed by atoms with E-state index in [1.807, 2.05) is 16.2 Å². The van der Waals surface area contributed by atoms with Crippen molar-refractivity contribution in [1.29, 1.82) is 0 Å². The van der Waals surface area contributed by atoms with Crippen LogP contribution in [0, 0.1) is 11.7 Å². The van der Waals surface area contributed by atoms with Gasteiger partial charge in [-0.15, -0.1) is 11.3 Å². The van der Waals surface area contributed by atoms with Crippen molar-refractivity contribution in [2.75, 3.05) is 0 Å². The summed E-state index contributed by atoms with van der Waals surface area (Å²) >= 11 is 1.91. The first-order valence-electron chi connectivity index (χ1n) is 11.1. The molecule has 0 saturated carbocycles. The zero-order valence-corrected chi connectivity index (χ0v) is 18.8. The second-order valence-corrected chi connectivity index (χ2v) is 9.98. The van der Waals surface area contributed by atoms with Crippen molar-refractivity contribution in [2.45, 2.75) is 58.7 Å². The first-order valence-corrected chi connectivity index (χ1v) is 11.9. The molecule has 0 fully saturated rings. The molecule has 1 aliphatic carbocycles. The highest BCUT2D eigenvalue weighted by atomic mass is 32.1. The highest BCUT2D eigenvalue weighted by Gasteiger charge is 2.36. The van der Waals surface area contributed by atoms with Crippen LogP contribution in [0.5, 0.6) is 0 Å². The standard InChI is InChI=1S/C25H28FN3OS/c1-16(2)23-21-7-5-13-28(21)24-20(19-6-3-4-8-22(19)31-24)15-29(23)25(30)27-14-17-9-11-18(26)12-10-17/h5,7,9-13,16,23H,3-4,6,8,14-15H2,1-2H3,(H,27,30)/t23-/m0/s1. The largest absolute Gasteiger partial charge is 0.334 e. The third kappa shape index (κ3) is 3.67. The van der Waals surface area contributed by atoms with Crippen LogP contribution < -0.4 is 5.32 Å². The highest BCUT2D eigenvalue weighted by Crippen LogP contribution is 2.43. The number of fused-ring (bicyclic) bond motifs is 5. The van der Waals surface area contributed by atoms with Crippen LogP contribution in [0.15, 0.2) is 42.6 Å². The number of nitrogens with zero attached hydrogens (tertiary/aromatic N) is 2. The predicted octanol–water partition coefficient (Wildman–Crippen LogP) is 5.98. The van der Waals surface area contributed by atoms with E-state index in [-0.39, 0.29) is 23.8 Å². The number of amides is 2. The Bertz CT molecular complexity index is 1100. The van der Waals surface area contributed by atoms with Gasteiger partial charge in [0.25, 0.3) is 0 Å². The summed E-state index contributed by atoms with van der Waals surface area (Å²) in [5, 5.41) is 4.37. The molecule has 3 aromatic rings. The van der Waals surface area contributed by atoms with E-state index >= 15 is 0 Å². The number of benzene rings is 1. The van der Waals surface area contributed by atoms with Crippen molar-refractivity contribution in [3.8, 4) is 5.00 Å². The van der Waals surface area contributed by atoms with E-state index < -0.39 is 0 Å². The van der Waals surface area contributed by atoms with E-state index in [4.69, 9.17) is 0 Å². The second kappa shape index (κ2) is 8.15. The quantitative estimate of drug-likeness (QED) is 0.538. The lowest BCUT2D eigenvalue weighted by atomic mass is 9.94. The van der Waals surface area contributed by atoms with Crippen LogP contribution in [0.1, 0.15) is 60.0 Å². The average Bonchev–Trinajstić information content (AvgIpc) is 3.34. The van der Waals surface area contributed by atoms with Crippen LogP contribution in [-0.2, 0) is 25.9 Å². The Labute approximate surface area is 186 Å². The van der Waals surface area contributed by atoms with Gasteiger partial charge in [0.15, 0.2) is 0 Å². The fraction of sp³-hybridized carbons (Fsp3) is 0.400. The number of aryl methyl sites for hydroxylation is 1. The van der Waals surface area contributed by atoms with Gasteiger partial charge in [-0.3, -0.25) is 0 Å². The van der Waals surface area contributed by atoms with Gasteiger partial charge < -0.3 is 14.8 Å². The van der Waals surface area contributed by atoms with Crippen LogP contribution >= 0.6 is 11.3 Å². The van der Waals surface area contributed by atoms with Crippen LogP contribution in [-0.4, -0.2) is 15.5 Å². The molecule has 31 heavy (non-hydrogen) atoms. The smallest absolute Gasteiger partial charge is 0.318 e. The number of carbonyl (C=O) groups is 1. The van der Waals surface area contributed by atoms with Crippen molar-refractivity contribution >= 4 is 17.4 Å². The fourth-order valence-electron chi connectivity index (χ4n) is 5.00. The molecule has 2 amide bonds. The van der Waals surface area contributed by atoms with Crippen LogP contribution in [0.25, 0.3) is 5.00 Å². The van der Waals surface area contributed by atoms with Crippen molar-refractivity contribution in [3.05, 3.63) is 75.7 Å². The number of rotatable bonds is 3. The van der Waals surface area contributed by atoms with E-state index in [9.17, 15) is 9.18 Å². The maximum atomic E-state index is 13.5. The number of halogens is 1. The Hall–Kier alpha value is -2.60. The average molecular weight is 438 g/mol. The first-order chi connectivity index (χ1) is 15.0. The zero-order chi connectivity index (χ0) is 21.5. The lowest BCUT2D eigenvalue weighted by Crippen LogP contribution is -2.43. The number of nitrogens with one attached hydrogen (secondary N) is 1. The van der Waals surface area contributed by atoms with Gasteiger partial charge in [-0.2, -0.15) is 0 Å². The Morgan fingerprint density at radius 2 is 1.94 bits per heavy atom. The van der Waals surface area contributed by atoms with Crippen molar-refractivity contribution < 1.29 is 9.18 Å². The van der Waals surface area contributed by atoms with Gasteiger partial charge in [-0.1, -0.05) is 26.0 Å². The molecule has 2 aromatic heterocycles. The third-order valence-corrected chi connectivity index (χ3v) is 7.81. The van der Waals surface area contributed by atoms with E-state index in [0.29, 0.717) is 13.1 Å². The summed E-state index contributed by atoms with van der Waals surface area (Å²) in [6, 6.07) is 10.5. The predicted molar refractivity (Wildman–Crippen MR) is 122 cm³/mol. The minimum absolute atomic E-state index is 0.0120. The summed E-state index contributed by atoms with van der Waals surface area (Å²) in [4.78, 5) is 17.0. The number of carbonyl (C=O) groups excluding carboxylic acids is 1. The molecule has 0 spiro atoms. The Balaban J connectivity index is 1.50. The maximum absolute atomic E-state index is 13.5. The van der Waals surface area contributed by atoms with Gasteiger partial charge in [0.2, 0.25) is 0 Å². The van der Waals surface area contributed by atoms with Crippen molar-refractivity contribution in [2.24, 2.45) is 5.92 Å². The fourth-order valence-corrected chi connectivity index (χ4v) is 6.41.